The summed E-state index contributed by atoms with van der Waals surface area (Å²) >= 11 is 13.1. The van der Waals surface area contributed by atoms with Gasteiger partial charge in [-0.25, -0.2) is 0 Å². The summed E-state index contributed by atoms with van der Waals surface area (Å²) in [5.41, 5.74) is 0.487. The highest BCUT2D eigenvalue weighted by Crippen LogP contribution is 2.26. The van der Waals surface area contributed by atoms with Crippen LogP contribution in [0.15, 0.2) is 47.4 Å². The number of nitrogens with one attached hydrogen (secondary N) is 1. The molecule has 0 saturated heterocycles. The van der Waals surface area contributed by atoms with E-state index in [1.54, 1.807) is 36.4 Å². The van der Waals surface area contributed by atoms with Crippen molar-refractivity contribution in [2.24, 2.45) is 0 Å². The largest absolute Gasteiger partial charge is 0.508 e. The molecule has 3 nitrogen and oxygen atoms in total. The van der Waals surface area contributed by atoms with E-state index >= 15 is 0 Å². The van der Waals surface area contributed by atoms with Crippen molar-refractivity contribution >= 4 is 46.6 Å². The zero-order chi connectivity index (χ0) is 14.5. The van der Waals surface area contributed by atoms with Crippen molar-refractivity contribution in [2.75, 3.05) is 11.1 Å². The van der Waals surface area contributed by atoms with Crippen LogP contribution in [0.25, 0.3) is 0 Å². The number of anilines is 1. The number of amides is 1. The number of carbonyl (C=O) groups is 1. The number of hydrogen-bond acceptors (Lipinski definition) is 3. The van der Waals surface area contributed by atoms with Crippen LogP contribution in [0.2, 0.25) is 10.0 Å². The van der Waals surface area contributed by atoms with E-state index in [9.17, 15) is 9.90 Å². The van der Waals surface area contributed by atoms with Gasteiger partial charge in [-0.15, -0.1) is 11.8 Å². The predicted molar refractivity (Wildman–Crippen MR) is 83.9 cm³/mol. The van der Waals surface area contributed by atoms with Gasteiger partial charge in [0, 0.05) is 9.92 Å². The van der Waals surface area contributed by atoms with Crippen LogP contribution in [-0.2, 0) is 4.79 Å². The summed E-state index contributed by atoms with van der Waals surface area (Å²) in [6.45, 7) is 0. The molecule has 0 saturated carbocycles. The van der Waals surface area contributed by atoms with Gasteiger partial charge in [0.25, 0.3) is 0 Å². The van der Waals surface area contributed by atoms with Crippen molar-refractivity contribution in [3.63, 3.8) is 0 Å². The molecule has 0 aliphatic rings. The van der Waals surface area contributed by atoms with Crippen LogP contribution >= 0.6 is 35.0 Å². The van der Waals surface area contributed by atoms with Crippen LogP contribution in [0.4, 0.5) is 5.69 Å². The summed E-state index contributed by atoms with van der Waals surface area (Å²) in [4.78, 5) is 12.7. The Bertz CT molecular complexity index is 634. The van der Waals surface area contributed by atoms with Crippen LogP contribution in [0.3, 0.4) is 0 Å². The fourth-order valence-corrected chi connectivity index (χ4v) is 2.59. The van der Waals surface area contributed by atoms with Crippen LogP contribution < -0.4 is 5.32 Å². The van der Waals surface area contributed by atoms with Crippen molar-refractivity contribution in [2.45, 2.75) is 4.90 Å². The van der Waals surface area contributed by atoms with E-state index in [2.05, 4.69) is 5.32 Å². The van der Waals surface area contributed by atoms with Gasteiger partial charge in [-0.2, -0.15) is 0 Å². The SMILES string of the molecule is O=C(CSc1cccc(O)c1)Nc1cc(Cl)ccc1Cl. The average molecular weight is 328 g/mol. The highest BCUT2D eigenvalue weighted by Gasteiger charge is 2.07. The highest BCUT2D eigenvalue weighted by atomic mass is 35.5. The molecule has 1 amide bonds. The Hall–Kier alpha value is -1.36. The molecule has 6 heteroatoms. The molecule has 2 aromatic carbocycles. The number of phenols is 1. The quantitative estimate of drug-likeness (QED) is 0.816. The van der Waals surface area contributed by atoms with E-state index in [1.165, 1.54) is 11.8 Å². The minimum atomic E-state index is -0.192. The number of phenolic OH excluding ortho intramolecular Hbond substituents is 1. The van der Waals surface area contributed by atoms with Crippen molar-refractivity contribution in [3.8, 4) is 5.75 Å². The molecule has 0 atom stereocenters. The molecule has 0 heterocycles. The number of thioether (sulfide) groups is 1. The summed E-state index contributed by atoms with van der Waals surface area (Å²) in [5.74, 6) is 0.197. The fourth-order valence-electron chi connectivity index (χ4n) is 1.50. The molecular weight excluding hydrogens is 317 g/mol. The van der Waals surface area contributed by atoms with Crippen LogP contribution in [0.5, 0.6) is 5.75 Å². The number of aromatic hydroxyl groups is 1. The first-order valence-corrected chi connectivity index (χ1v) is 7.45. The first-order chi connectivity index (χ1) is 9.54. The first-order valence-electron chi connectivity index (χ1n) is 5.71. The summed E-state index contributed by atoms with van der Waals surface area (Å²) in [5, 5.41) is 13.0. The van der Waals surface area contributed by atoms with Gasteiger partial charge >= 0.3 is 0 Å². The minimum absolute atomic E-state index is 0.174. The van der Waals surface area contributed by atoms with Gasteiger partial charge in [-0.05, 0) is 36.4 Å². The molecule has 0 fully saturated rings. The average Bonchev–Trinajstić information content (AvgIpc) is 2.41. The molecule has 0 aromatic heterocycles. The monoisotopic (exact) mass is 327 g/mol. The van der Waals surface area contributed by atoms with Crippen LogP contribution in [0.1, 0.15) is 0 Å². The maximum Gasteiger partial charge on any atom is 0.234 e. The number of carbonyl (C=O) groups excluding carboxylic acids is 1. The van der Waals surface area contributed by atoms with E-state index in [0.717, 1.165) is 4.90 Å². The van der Waals surface area contributed by atoms with E-state index in [1.807, 2.05) is 6.07 Å². The lowest BCUT2D eigenvalue weighted by atomic mass is 10.3. The van der Waals surface area contributed by atoms with Gasteiger partial charge in [0.15, 0.2) is 0 Å². The minimum Gasteiger partial charge on any atom is -0.508 e. The summed E-state index contributed by atoms with van der Waals surface area (Å²) in [6, 6.07) is 11.6. The number of benzene rings is 2. The third-order valence-corrected chi connectivity index (χ3v) is 3.95. The van der Waals surface area contributed by atoms with Crippen LogP contribution in [0, 0.1) is 0 Å². The molecule has 104 valence electrons. The van der Waals surface area contributed by atoms with Gasteiger partial charge in [0.1, 0.15) is 5.75 Å². The second kappa shape index (κ2) is 6.88. The van der Waals surface area contributed by atoms with E-state index in [0.29, 0.717) is 15.7 Å². The second-order valence-electron chi connectivity index (χ2n) is 3.96. The van der Waals surface area contributed by atoms with Gasteiger partial charge < -0.3 is 10.4 Å². The van der Waals surface area contributed by atoms with Crippen molar-refractivity contribution in [1.82, 2.24) is 0 Å². The Morgan fingerprint density at radius 1 is 1.20 bits per heavy atom. The van der Waals surface area contributed by atoms with Crippen molar-refractivity contribution in [1.29, 1.82) is 0 Å². The molecule has 0 unspecified atom stereocenters. The molecule has 20 heavy (non-hydrogen) atoms. The molecule has 2 N–H and O–H groups in total. The number of halogens is 2. The summed E-state index contributed by atoms with van der Waals surface area (Å²) in [6.07, 6.45) is 0. The van der Waals surface area contributed by atoms with Crippen LogP contribution in [-0.4, -0.2) is 16.8 Å². The van der Waals surface area contributed by atoms with Crippen molar-refractivity contribution in [3.05, 3.63) is 52.5 Å². The van der Waals surface area contributed by atoms with Crippen molar-refractivity contribution < 1.29 is 9.90 Å². The first kappa shape index (κ1) is 15.0. The Morgan fingerprint density at radius 3 is 2.75 bits per heavy atom. The number of hydrogen-bond donors (Lipinski definition) is 2. The molecule has 0 aliphatic heterocycles. The normalized spacial score (nSPS) is 10.3. The Morgan fingerprint density at radius 2 is 2.00 bits per heavy atom. The molecule has 2 rings (SSSR count). The maximum absolute atomic E-state index is 11.8. The molecule has 0 radical (unpaired) electrons. The third kappa shape index (κ3) is 4.34. The maximum atomic E-state index is 11.8. The number of rotatable bonds is 4. The standard InChI is InChI=1S/C14H11Cl2NO2S/c15-9-4-5-12(16)13(6-9)17-14(19)8-20-11-3-1-2-10(18)7-11/h1-7,18H,8H2,(H,17,19). The predicted octanol–water partition coefficient (Wildman–Crippen LogP) is 4.43. The zero-order valence-corrected chi connectivity index (χ0v) is 12.6. The Labute approximate surface area is 130 Å². The highest BCUT2D eigenvalue weighted by molar-refractivity contribution is 8.00. The zero-order valence-electron chi connectivity index (χ0n) is 10.3. The third-order valence-electron chi connectivity index (χ3n) is 2.39. The van der Waals surface area contributed by atoms with E-state index in [4.69, 9.17) is 23.2 Å². The second-order valence-corrected chi connectivity index (χ2v) is 5.85. The Kier molecular flexibility index (Phi) is 5.17. The van der Waals surface area contributed by atoms with Gasteiger partial charge in [0.2, 0.25) is 5.91 Å². The summed E-state index contributed by atoms with van der Waals surface area (Å²) < 4.78 is 0. The lowest BCUT2D eigenvalue weighted by Crippen LogP contribution is -2.14. The summed E-state index contributed by atoms with van der Waals surface area (Å²) in [7, 11) is 0. The molecule has 0 spiro atoms. The lowest BCUT2D eigenvalue weighted by Gasteiger charge is -2.07. The van der Waals surface area contributed by atoms with E-state index in [-0.39, 0.29) is 17.4 Å². The Balaban J connectivity index is 1.94. The smallest absolute Gasteiger partial charge is 0.234 e. The fraction of sp³-hybridized carbons (Fsp3) is 0.0714. The molecule has 0 aliphatic carbocycles. The molecule has 0 bridgehead atoms. The topological polar surface area (TPSA) is 49.3 Å². The van der Waals surface area contributed by atoms with Gasteiger partial charge in [0.05, 0.1) is 16.5 Å². The van der Waals surface area contributed by atoms with E-state index < -0.39 is 0 Å². The molecule has 2 aromatic rings. The molecular formula is C14H11Cl2NO2S. The lowest BCUT2D eigenvalue weighted by molar-refractivity contribution is -0.113. The van der Waals surface area contributed by atoms with Gasteiger partial charge in [-0.1, -0.05) is 29.3 Å². The van der Waals surface area contributed by atoms with Gasteiger partial charge in [-0.3, -0.25) is 4.79 Å².